The highest BCUT2D eigenvalue weighted by Gasteiger charge is 2.14. The van der Waals surface area contributed by atoms with Crippen molar-refractivity contribution in [2.24, 2.45) is 0 Å². The lowest BCUT2D eigenvalue weighted by Crippen LogP contribution is -2.05. The number of halogens is 1. The Morgan fingerprint density at radius 2 is 1.95 bits per heavy atom. The molecule has 0 aliphatic rings. The number of aromatic carboxylic acids is 1. The van der Waals surface area contributed by atoms with Crippen molar-refractivity contribution in [2.75, 3.05) is 5.32 Å². The van der Waals surface area contributed by atoms with Gasteiger partial charge in [0.1, 0.15) is 10.8 Å². The van der Waals surface area contributed by atoms with Gasteiger partial charge in [-0.15, -0.1) is 0 Å². The van der Waals surface area contributed by atoms with Crippen molar-refractivity contribution in [3.05, 3.63) is 47.9 Å². The molecule has 0 radical (unpaired) electrons. The molecular formula is C14H11FN2O3S. The van der Waals surface area contributed by atoms with Crippen molar-refractivity contribution in [3.8, 4) is 0 Å². The fourth-order valence-corrected chi connectivity index (χ4v) is 2.44. The van der Waals surface area contributed by atoms with Crippen LogP contribution in [-0.4, -0.2) is 22.0 Å². The maximum absolute atomic E-state index is 13.0. The number of aromatic nitrogens is 1. The van der Waals surface area contributed by atoms with E-state index < -0.39 is 11.8 Å². The molecule has 1 heterocycles. The third-order valence-corrected chi connectivity index (χ3v) is 3.46. The molecule has 2 rings (SSSR count). The standard InChI is InChI=1S/C14H11FN2O3S/c1-8(18)17-10-2-4-11(5-3-10)21-13-12(14(19)20)6-9(15)7-16-13/h2-7H,1H3,(H,17,18)(H,19,20). The van der Waals surface area contributed by atoms with E-state index in [0.29, 0.717) is 5.69 Å². The van der Waals surface area contributed by atoms with E-state index in [1.165, 1.54) is 6.92 Å². The van der Waals surface area contributed by atoms with E-state index in [4.69, 9.17) is 5.11 Å². The van der Waals surface area contributed by atoms with E-state index in [1.54, 1.807) is 24.3 Å². The Hall–Kier alpha value is -2.41. The van der Waals surface area contributed by atoms with Crippen LogP contribution in [0.5, 0.6) is 0 Å². The Bertz CT molecular complexity index is 689. The molecule has 5 nitrogen and oxygen atoms in total. The molecule has 0 saturated heterocycles. The summed E-state index contributed by atoms with van der Waals surface area (Å²) in [5.41, 5.74) is 0.448. The fraction of sp³-hybridized carbons (Fsp3) is 0.0714. The zero-order chi connectivity index (χ0) is 15.4. The summed E-state index contributed by atoms with van der Waals surface area (Å²) >= 11 is 1.11. The van der Waals surface area contributed by atoms with Gasteiger partial charge in [-0.25, -0.2) is 14.2 Å². The number of nitrogens with zero attached hydrogens (tertiary/aromatic N) is 1. The summed E-state index contributed by atoms with van der Waals surface area (Å²) in [5, 5.41) is 11.9. The average Bonchev–Trinajstić information content (AvgIpc) is 2.42. The second kappa shape index (κ2) is 6.36. The molecule has 1 aromatic heterocycles. The Balaban J connectivity index is 2.22. The minimum Gasteiger partial charge on any atom is -0.478 e. The molecule has 0 unspecified atom stereocenters. The minimum absolute atomic E-state index is 0.177. The van der Waals surface area contributed by atoms with E-state index in [-0.39, 0.29) is 16.5 Å². The van der Waals surface area contributed by atoms with Gasteiger partial charge in [0.05, 0.1) is 11.8 Å². The largest absolute Gasteiger partial charge is 0.478 e. The first-order valence-electron chi connectivity index (χ1n) is 5.90. The number of carboxylic acids is 1. The van der Waals surface area contributed by atoms with Gasteiger partial charge in [-0.3, -0.25) is 4.79 Å². The third kappa shape index (κ3) is 4.03. The van der Waals surface area contributed by atoms with Crippen LogP contribution in [0, 0.1) is 5.82 Å². The first-order valence-corrected chi connectivity index (χ1v) is 6.71. The number of anilines is 1. The number of amides is 1. The average molecular weight is 306 g/mol. The predicted molar refractivity (Wildman–Crippen MR) is 76.0 cm³/mol. The number of hydrogen-bond acceptors (Lipinski definition) is 4. The molecule has 0 bridgehead atoms. The SMILES string of the molecule is CC(=O)Nc1ccc(Sc2ncc(F)cc2C(=O)O)cc1. The van der Waals surface area contributed by atoms with Crippen molar-refractivity contribution in [1.82, 2.24) is 4.98 Å². The molecule has 2 aromatic rings. The summed E-state index contributed by atoms with van der Waals surface area (Å²) in [4.78, 5) is 26.5. The minimum atomic E-state index is -1.24. The number of carboxylic acid groups (broad SMARTS) is 1. The van der Waals surface area contributed by atoms with Crippen molar-refractivity contribution < 1.29 is 19.1 Å². The number of hydrogen-bond donors (Lipinski definition) is 2. The van der Waals surface area contributed by atoms with Crippen molar-refractivity contribution >= 4 is 29.3 Å². The molecule has 0 fully saturated rings. The molecule has 21 heavy (non-hydrogen) atoms. The lowest BCUT2D eigenvalue weighted by molar-refractivity contribution is -0.114. The van der Waals surface area contributed by atoms with Gasteiger partial charge in [-0.2, -0.15) is 0 Å². The smallest absolute Gasteiger partial charge is 0.338 e. The summed E-state index contributed by atoms with van der Waals surface area (Å²) in [7, 11) is 0. The molecule has 0 aliphatic heterocycles. The lowest BCUT2D eigenvalue weighted by Gasteiger charge is -2.06. The monoisotopic (exact) mass is 306 g/mol. The summed E-state index contributed by atoms with van der Waals surface area (Å²) in [6.07, 6.45) is 0.973. The second-order valence-electron chi connectivity index (χ2n) is 4.12. The highest BCUT2D eigenvalue weighted by atomic mass is 32.2. The number of carbonyl (C=O) groups is 2. The van der Waals surface area contributed by atoms with E-state index in [1.807, 2.05) is 0 Å². The van der Waals surface area contributed by atoms with Crippen LogP contribution >= 0.6 is 11.8 Å². The van der Waals surface area contributed by atoms with E-state index in [2.05, 4.69) is 10.3 Å². The number of pyridine rings is 1. The first kappa shape index (κ1) is 15.0. The van der Waals surface area contributed by atoms with Gasteiger partial charge in [0.2, 0.25) is 5.91 Å². The van der Waals surface area contributed by atoms with Gasteiger partial charge in [0, 0.05) is 17.5 Å². The van der Waals surface area contributed by atoms with Gasteiger partial charge in [-0.1, -0.05) is 11.8 Å². The zero-order valence-corrected chi connectivity index (χ0v) is 11.8. The Morgan fingerprint density at radius 1 is 1.29 bits per heavy atom. The summed E-state index contributed by atoms with van der Waals surface area (Å²) < 4.78 is 13.0. The van der Waals surface area contributed by atoms with Crippen molar-refractivity contribution in [1.29, 1.82) is 0 Å². The molecular weight excluding hydrogens is 295 g/mol. The molecule has 1 aromatic carbocycles. The van der Waals surface area contributed by atoms with Crippen molar-refractivity contribution in [2.45, 2.75) is 16.8 Å². The molecule has 7 heteroatoms. The van der Waals surface area contributed by atoms with Gasteiger partial charge < -0.3 is 10.4 Å². The van der Waals surface area contributed by atoms with Crippen LogP contribution in [-0.2, 0) is 4.79 Å². The van der Waals surface area contributed by atoms with Crippen LogP contribution in [0.3, 0.4) is 0 Å². The summed E-state index contributed by atoms with van der Waals surface area (Å²) in [6.45, 7) is 1.41. The Kier molecular flexibility index (Phi) is 4.54. The van der Waals surface area contributed by atoms with Crippen LogP contribution in [0.2, 0.25) is 0 Å². The van der Waals surface area contributed by atoms with Gasteiger partial charge in [0.15, 0.2) is 0 Å². The highest BCUT2D eigenvalue weighted by molar-refractivity contribution is 7.99. The lowest BCUT2D eigenvalue weighted by atomic mass is 10.3. The quantitative estimate of drug-likeness (QED) is 0.907. The number of carbonyl (C=O) groups excluding carboxylic acids is 1. The summed E-state index contributed by atoms with van der Waals surface area (Å²) in [6, 6.07) is 7.74. The van der Waals surface area contributed by atoms with Crippen LogP contribution in [0.25, 0.3) is 0 Å². The molecule has 0 saturated carbocycles. The van der Waals surface area contributed by atoms with Crippen LogP contribution in [0.1, 0.15) is 17.3 Å². The predicted octanol–water partition coefficient (Wildman–Crippen LogP) is 3.03. The van der Waals surface area contributed by atoms with E-state index >= 15 is 0 Å². The number of benzene rings is 1. The second-order valence-corrected chi connectivity index (χ2v) is 5.18. The van der Waals surface area contributed by atoms with Gasteiger partial charge in [-0.05, 0) is 30.3 Å². The molecule has 1 amide bonds. The third-order valence-electron chi connectivity index (χ3n) is 2.44. The molecule has 0 atom stereocenters. The maximum atomic E-state index is 13.0. The normalized spacial score (nSPS) is 10.2. The van der Waals surface area contributed by atoms with Crippen LogP contribution in [0.4, 0.5) is 10.1 Å². The Morgan fingerprint density at radius 3 is 2.52 bits per heavy atom. The molecule has 0 spiro atoms. The first-order chi connectivity index (χ1) is 9.95. The van der Waals surface area contributed by atoms with Gasteiger partial charge in [0.25, 0.3) is 0 Å². The molecule has 2 N–H and O–H groups in total. The highest BCUT2D eigenvalue weighted by Crippen LogP contribution is 2.29. The molecule has 0 aliphatic carbocycles. The van der Waals surface area contributed by atoms with Crippen molar-refractivity contribution in [3.63, 3.8) is 0 Å². The summed E-state index contributed by atoms with van der Waals surface area (Å²) in [5.74, 6) is -2.11. The van der Waals surface area contributed by atoms with E-state index in [9.17, 15) is 14.0 Å². The maximum Gasteiger partial charge on any atom is 0.338 e. The number of nitrogens with one attached hydrogen (secondary N) is 1. The Labute approximate surface area is 124 Å². The van der Waals surface area contributed by atoms with Gasteiger partial charge >= 0.3 is 5.97 Å². The fourth-order valence-electron chi connectivity index (χ4n) is 1.58. The number of rotatable bonds is 4. The van der Waals surface area contributed by atoms with Crippen LogP contribution in [0.15, 0.2) is 46.5 Å². The molecule has 108 valence electrons. The zero-order valence-electron chi connectivity index (χ0n) is 11.0. The van der Waals surface area contributed by atoms with E-state index in [0.717, 1.165) is 28.9 Å². The van der Waals surface area contributed by atoms with Crippen LogP contribution < -0.4 is 5.32 Å². The topological polar surface area (TPSA) is 79.3 Å².